The monoisotopic (exact) mass is 349 g/mol. The van der Waals surface area contributed by atoms with Crippen molar-refractivity contribution < 1.29 is 4.79 Å². The number of carbonyl (C=O) groups excluding carboxylic acids is 1. The molecule has 1 unspecified atom stereocenters. The molecule has 1 aromatic heterocycles. The lowest BCUT2D eigenvalue weighted by Crippen LogP contribution is -2.48. The normalized spacial score (nSPS) is 25.5. The topological polar surface area (TPSA) is 35.6 Å². The third kappa shape index (κ3) is 4.80. The van der Waals surface area contributed by atoms with Gasteiger partial charge in [-0.15, -0.1) is 0 Å². The standard InChI is InChI=1S/C19H31N3OS/c1-19(6-9-21(2)10-7-19)15-22-8-3-4-16(13-22)12-20-18(23)17-5-11-24-14-17/h5,11,14,16H,3-4,6-10,12-13,15H2,1-2H3,(H,20,23). The summed E-state index contributed by atoms with van der Waals surface area (Å²) in [5.74, 6) is 0.673. The minimum Gasteiger partial charge on any atom is -0.352 e. The van der Waals surface area contributed by atoms with Gasteiger partial charge in [0, 0.05) is 30.6 Å². The van der Waals surface area contributed by atoms with Gasteiger partial charge in [-0.3, -0.25) is 4.79 Å². The number of carbonyl (C=O) groups is 1. The van der Waals surface area contributed by atoms with E-state index in [-0.39, 0.29) is 5.91 Å². The van der Waals surface area contributed by atoms with Crippen molar-refractivity contribution in [3.63, 3.8) is 0 Å². The SMILES string of the molecule is CN1CCC(C)(CN2CCCC(CNC(=O)c3ccsc3)C2)CC1. The highest BCUT2D eigenvalue weighted by atomic mass is 32.1. The molecule has 4 nitrogen and oxygen atoms in total. The van der Waals surface area contributed by atoms with E-state index < -0.39 is 0 Å². The van der Waals surface area contributed by atoms with Crippen LogP contribution < -0.4 is 5.32 Å². The average Bonchev–Trinajstić information content (AvgIpc) is 3.11. The number of likely N-dealkylation sites (tertiary alicyclic amines) is 2. The van der Waals surface area contributed by atoms with E-state index in [1.165, 1.54) is 51.9 Å². The van der Waals surface area contributed by atoms with Crippen LogP contribution in [0.5, 0.6) is 0 Å². The van der Waals surface area contributed by atoms with E-state index in [1.54, 1.807) is 11.3 Å². The molecular formula is C19H31N3OS. The zero-order valence-corrected chi connectivity index (χ0v) is 15.9. The Bertz CT molecular complexity index is 523. The van der Waals surface area contributed by atoms with Crippen LogP contribution in [-0.4, -0.2) is 62.0 Å². The highest BCUT2D eigenvalue weighted by Crippen LogP contribution is 2.32. The molecule has 2 aliphatic rings. The molecule has 2 aliphatic heterocycles. The minimum atomic E-state index is 0.0793. The number of nitrogens with zero attached hydrogens (tertiary/aromatic N) is 2. The van der Waals surface area contributed by atoms with Gasteiger partial charge in [-0.25, -0.2) is 0 Å². The van der Waals surface area contributed by atoms with Crippen molar-refractivity contribution >= 4 is 17.2 Å². The molecule has 1 N–H and O–H groups in total. The maximum atomic E-state index is 12.1. The Morgan fingerprint density at radius 1 is 1.38 bits per heavy atom. The summed E-state index contributed by atoms with van der Waals surface area (Å²) in [7, 11) is 2.23. The molecule has 0 bridgehead atoms. The third-order valence-corrected chi connectivity index (χ3v) is 6.42. The van der Waals surface area contributed by atoms with Gasteiger partial charge < -0.3 is 15.1 Å². The number of piperidine rings is 2. The van der Waals surface area contributed by atoms with Gasteiger partial charge in [0.2, 0.25) is 0 Å². The summed E-state index contributed by atoms with van der Waals surface area (Å²) in [6.07, 6.45) is 5.11. The Labute approximate surface area is 150 Å². The molecule has 0 aromatic carbocycles. The molecule has 0 radical (unpaired) electrons. The maximum Gasteiger partial charge on any atom is 0.252 e. The number of hydrogen-bond donors (Lipinski definition) is 1. The molecule has 3 heterocycles. The minimum absolute atomic E-state index is 0.0793. The van der Waals surface area contributed by atoms with Crippen molar-refractivity contribution in [1.82, 2.24) is 15.1 Å². The highest BCUT2D eigenvalue weighted by Gasteiger charge is 2.32. The molecule has 2 saturated heterocycles. The summed E-state index contributed by atoms with van der Waals surface area (Å²) >= 11 is 1.58. The molecule has 0 saturated carbocycles. The molecule has 1 amide bonds. The second-order valence-corrected chi connectivity index (χ2v) is 8.86. The summed E-state index contributed by atoms with van der Waals surface area (Å²) in [4.78, 5) is 17.2. The Morgan fingerprint density at radius 3 is 2.88 bits per heavy atom. The first-order valence-electron chi connectivity index (χ1n) is 9.25. The van der Waals surface area contributed by atoms with Crippen molar-refractivity contribution in [1.29, 1.82) is 0 Å². The van der Waals surface area contributed by atoms with E-state index in [0.29, 0.717) is 11.3 Å². The Morgan fingerprint density at radius 2 is 2.17 bits per heavy atom. The lowest BCUT2D eigenvalue weighted by molar-refractivity contribution is 0.0628. The Balaban J connectivity index is 1.45. The van der Waals surface area contributed by atoms with Crippen LogP contribution in [0.4, 0.5) is 0 Å². The number of amides is 1. The van der Waals surface area contributed by atoms with Crippen LogP contribution in [0.25, 0.3) is 0 Å². The largest absolute Gasteiger partial charge is 0.352 e. The van der Waals surface area contributed by atoms with E-state index >= 15 is 0 Å². The first-order valence-corrected chi connectivity index (χ1v) is 10.2. The van der Waals surface area contributed by atoms with Gasteiger partial charge in [0.25, 0.3) is 5.91 Å². The number of rotatable bonds is 5. The highest BCUT2D eigenvalue weighted by molar-refractivity contribution is 7.08. The van der Waals surface area contributed by atoms with E-state index in [1.807, 2.05) is 16.8 Å². The maximum absolute atomic E-state index is 12.1. The lowest BCUT2D eigenvalue weighted by atomic mass is 9.79. The van der Waals surface area contributed by atoms with Crippen LogP contribution in [-0.2, 0) is 0 Å². The van der Waals surface area contributed by atoms with Gasteiger partial charge in [-0.05, 0) is 75.1 Å². The van der Waals surface area contributed by atoms with Gasteiger partial charge in [0.1, 0.15) is 0 Å². The summed E-state index contributed by atoms with van der Waals surface area (Å²) < 4.78 is 0. The molecule has 2 fully saturated rings. The molecular weight excluding hydrogens is 318 g/mol. The lowest BCUT2D eigenvalue weighted by Gasteiger charge is -2.43. The van der Waals surface area contributed by atoms with E-state index in [0.717, 1.165) is 18.7 Å². The fraction of sp³-hybridized carbons (Fsp3) is 0.737. The van der Waals surface area contributed by atoms with Gasteiger partial charge >= 0.3 is 0 Å². The van der Waals surface area contributed by atoms with Crippen molar-refractivity contribution in [2.75, 3.05) is 46.3 Å². The molecule has 3 rings (SSSR count). The van der Waals surface area contributed by atoms with Crippen LogP contribution >= 0.6 is 11.3 Å². The van der Waals surface area contributed by atoms with Gasteiger partial charge in [-0.2, -0.15) is 11.3 Å². The zero-order chi connectivity index (χ0) is 17.0. The van der Waals surface area contributed by atoms with E-state index in [4.69, 9.17) is 0 Å². The summed E-state index contributed by atoms with van der Waals surface area (Å²) in [6, 6.07) is 1.90. The van der Waals surface area contributed by atoms with E-state index in [9.17, 15) is 4.79 Å². The Kier molecular flexibility index (Phi) is 5.95. The quantitative estimate of drug-likeness (QED) is 0.888. The molecule has 1 atom stereocenters. The van der Waals surface area contributed by atoms with Crippen LogP contribution in [0, 0.1) is 11.3 Å². The third-order valence-electron chi connectivity index (χ3n) is 5.74. The summed E-state index contributed by atoms with van der Waals surface area (Å²) in [6.45, 7) is 9.30. The van der Waals surface area contributed by atoms with Gasteiger partial charge in [0.05, 0.1) is 0 Å². The molecule has 24 heavy (non-hydrogen) atoms. The van der Waals surface area contributed by atoms with Crippen molar-refractivity contribution in [3.05, 3.63) is 22.4 Å². The molecule has 0 spiro atoms. The predicted molar refractivity (Wildman–Crippen MR) is 101 cm³/mol. The van der Waals surface area contributed by atoms with Crippen molar-refractivity contribution in [3.8, 4) is 0 Å². The second kappa shape index (κ2) is 7.98. The smallest absolute Gasteiger partial charge is 0.252 e. The average molecular weight is 350 g/mol. The Hall–Kier alpha value is -0.910. The van der Waals surface area contributed by atoms with Crippen LogP contribution in [0.1, 0.15) is 43.0 Å². The van der Waals surface area contributed by atoms with Gasteiger partial charge in [-0.1, -0.05) is 6.92 Å². The second-order valence-electron chi connectivity index (χ2n) is 8.08. The first-order chi connectivity index (χ1) is 11.5. The summed E-state index contributed by atoms with van der Waals surface area (Å²) in [5.41, 5.74) is 1.26. The zero-order valence-electron chi connectivity index (χ0n) is 15.1. The molecule has 134 valence electrons. The van der Waals surface area contributed by atoms with Crippen LogP contribution in [0.15, 0.2) is 16.8 Å². The number of hydrogen-bond acceptors (Lipinski definition) is 4. The molecule has 5 heteroatoms. The predicted octanol–water partition coefficient (Wildman–Crippen LogP) is 2.92. The van der Waals surface area contributed by atoms with E-state index in [2.05, 4.69) is 29.1 Å². The fourth-order valence-corrected chi connectivity index (χ4v) is 4.69. The summed E-state index contributed by atoms with van der Waals surface area (Å²) in [5, 5.41) is 7.01. The fourth-order valence-electron chi connectivity index (χ4n) is 4.05. The first kappa shape index (κ1) is 17.9. The van der Waals surface area contributed by atoms with Crippen molar-refractivity contribution in [2.24, 2.45) is 11.3 Å². The van der Waals surface area contributed by atoms with Crippen LogP contribution in [0.3, 0.4) is 0 Å². The van der Waals surface area contributed by atoms with Gasteiger partial charge in [0.15, 0.2) is 0 Å². The number of thiophene rings is 1. The van der Waals surface area contributed by atoms with Crippen LogP contribution in [0.2, 0.25) is 0 Å². The van der Waals surface area contributed by atoms with Crippen molar-refractivity contribution in [2.45, 2.75) is 32.6 Å². The molecule has 1 aromatic rings. The molecule has 0 aliphatic carbocycles. The number of nitrogens with one attached hydrogen (secondary N) is 1.